The van der Waals surface area contributed by atoms with Crippen LogP contribution in [0, 0.1) is 22.0 Å². The molecule has 4 rings (SSSR count). The molecule has 2 aromatic rings. The van der Waals surface area contributed by atoms with Gasteiger partial charge in [0.05, 0.1) is 27.3 Å². The molecule has 0 bridgehead atoms. The van der Waals surface area contributed by atoms with E-state index < -0.39 is 46.8 Å². The van der Waals surface area contributed by atoms with E-state index in [0.29, 0.717) is 12.8 Å². The van der Waals surface area contributed by atoms with Gasteiger partial charge in [0.2, 0.25) is 0 Å². The molecular weight excluding hydrogens is 645 g/mol. The van der Waals surface area contributed by atoms with Crippen molar-refractivity contribution in [2.45, 2.75) is 22.5 Å². The largest absolute Gasteiger partial charge is 0.292 e. The van der Waals surface area contributed by atoms with E-state index in [9.17, 15) is 29.3 Å². The SMILES string of the molecule is O=C(CN(C(=O)c1ccc(Cl)cc1Cl)N1C(=O)[C@H]2C[C@@H](Br)[C@@H](Br)C[C@H]2C1=O)c1cccc([N+](=O)[O-])c1. The Labute approximate surface area is 232 Å². The summed E-state index contributed by atoms with van der Waals surface area (Å²) in [5.74, 6) is -4.09. The fourth-order valence-electron chi connectivity index (χ4n) is 4.37. The molecule has 36 heavy (non-hydrogen) atoms. The Bertz CT molecular complexity index is 1260. The van der Waals surface area contributed by atoms with Crippen LogP contribution in [0.4, 0.5) is 5.69 Å². The molecule has 9 nitrogen and oxygen atoms in total. The molecule has 1 saturated heterocycles. The summed E-state index contributed by atoms with van der Waals surface area (Å²) >= 11 is 19.2. The van der Waals surface area contributed by atoms with Gasteiger partial charge in [-0.25, -0.2) is 5.01 Å². The van der Waals surface area contributed by atoms with Crippen molar-refractivity contribution >= 4 is 84.3 Å². The number of hydrazine groups is 1. The van der Waals surface area contributed by atoms with E-state index in [1.54, 1.807) is 0 Å². The van der Waals surface area contributed by atoms with Crippen LogP contribution < -0.4 is 0 Å². The third kappa shape index (κ3) is 5.06. The molecule has 188 valence electrons. The number of nitrogens with zero attached hydrogens (tertiary/aromatic N) is 3. The number of carbonyl (C=O) groups excluding carboxylic acids is 4. The van der Waals surface area contributed by atoms with Crippen LogP contribution in [-0.4, -0.2) is 54.6 Å². The molecule has 1 aliphatic heterocycles. The zero-order chi connectivity index (χ0) is 26.3. The lowest BCUT2D eigenvalue weighted by Gasteiger charge is -2.30. The number of rotatable bonds is 6. The molecule has 1 saturated carbocycles. The second kappa shape index (κ2) is 10.6. The highest BCUT2D eigenvalue weighted by Crippen LogP contribution is 2.44. The van der Waals surface area contributed by atoms with Crippen LogP contribution in [0.1, 0.15) is 33.6 Å². The Morgan fingerprint density at radius 3 is 2.19 bits per heavy atom. The zero-order valence-corrected chi connectivity index (χ0v) is 23.0. The van der Waals surface area contributed by atoms with Crippen molar-refractivity contribution < 1.29 is 24.1 Å². The van der Waals surface area contributed by atoms with Gasteiger partial charge in [-0.15, -0.1) is 0 Å². The summed E-state index contributed by atoms with van der Waals surface area (Å²) in [6, 6.07) is 9.05. The van der Waals surface area contributed by atoms with E-state index in [2.05, 4.69) is 31.9 Å². The lowest BCUT2D eigenvalue weighted by molar-refractivity contribution is -0.384. The minimum absolute atomic E-state index is 0.0298. The first-order chi connectivity index (χ1) is 17.0. The monoisotopic (exact) mass is 659 g/mol. The van der Waals surface area contributed by atoms with Crippen molar-refractivity contribution in [2.75, 3.05) is 6.54 Å². The molecular formula is C23H17Br2Cl2N3O6. The van der Waals surface area contributed by atoms with E-state index in [1.165, 1.54) is 36.4 Å². The molecule has 2 aliphatic rings. The predicted octanol–water partition coefficient (Wildman–Crippen LogP) is 5.06. The number of imide groups is 1. The van der Waals surface area contributed by atoms with E-state index in [4.69, 9.17) is 23.2 Å². The standard InChI is InChI=1S/C23H17Br2Cl2N3O6/c24-17-8-15-16(9-18(17)25)23(34)29(22(15)33)28(21(32)14-5-4-12(26)7-19(14)27)10-20(31)11-2-1-3-13(6-11)30(35)36/h1-7,15-18H,8-10H2/t15-,16+,17+,18-. The molecule has 4 atom stereocenters. The fraction of sp³-hybridized carbons (Fsp3) is 0.304. The number of halogens is 4. The Balaban J connectivity index is 1.73. The number of nitro groups is 1. The summed E-state index contributed by atoms with van der Waals surface area (Å²) in [5.41, 5.74) is -0.438. The highest BCUT2D eigenvalue weighted by Gasteiger charge is 2.54. The second-order valence-electron chi connectivity index (χ2n) is 8.42. The molecule has 1 aliphatic carbocycles. The topological polar surface area (TPSA) is 118 Å². The first kappa shape index (κ1) is 26.7. The molecule has 0 spiro atoms. The first-order valence-corrected chi connectivity index (χ1v) is 13.3. The summed E-state index contributed by atoms with van der Waals surface area (Å²) in [4.78, 5) is 63.9. The van der Waals surface area contributed by atoms with Crippen LogP contribution in [-0.2, 0) is 9.59 Å². The maximum atomic E-state index is 13.6. The summed E-state index contributed by atoms with van der Waals surface area (Å²) in [6.45, 7) is -0.717. The number of nitro benzene ring substituents is 1. The number of alkyl halides is 2. The average Bonchev–Trinajstić information content (AvgIpc) is 3.06. The van der Waals surface area contributed by atoms with Crippen LogP contribution in [0.15, 0.2) is 42.5 Å². The van der Waals surface area contributed by atoms with Gasteiger partial charge in [-0.1, -0.05) is 67.2 Å². The van der Waals surface area contributed by atoms with Gasteiger partial charge in [0, 0.05) is 32.4 Å². The smallest absolute Gasteiger partial charge is 0.274 e. The van der Waals surface area contributed by atoms with Crippen molar-refractivity contribution in [3.05, 3.63) is 73.8 Å². The molecule has 0 unspecified atom stereocenters. The molecule has 13 heteroatoms. The number of fused-ring (bicyclic) bond motifs is 1. The Kier molecular flexibility index (Phi) is 7.84. The number of non-ortho nitro benzene ring substituents is 1. The van der Waals surface area contributed by atoms with Gasteiger partial charge >= 0.3 is 0 Å². The van der Waals surface area contributed by atoms with Crippen molar-refractivity contribution in [3.8, 4) is 0 Å². The Morgan fingerprint density at radius 2 is 1.64 bits per heavy atom. The summed E-state index contributed by atoms with van der Waals surface area (Å²) < 4.78 is 0. The molecule has 0 N–H and O–H groups in total. The summed E-state index contributed by atoms with van der Waals surface area (Å²) in [5, 5.41) is 12.9. The van der Waals surface area contributed by atoms with E-state index in [1.807, 2.05) is 0 Å². The van der Waals surface area contributed by atoms with Gasteiger partial charge in [-0.2, -0.15) is 5.01 Å². The minimum Gasteiger partial charge on any atom is -0.292 e. The second-order valence-corrected chi connectivity index (χ2v) is 11.6. The molecule has 2 fully saturated rings. The lowest BCUT2D eigenvalue weighted by Crippen LogP contribution is -2.52. The van der Waals surface area contributed by atoms with E-state index in [0.717, 1.165) is 16.1 Å². The summed E-state index contributed by atoms with van der Waals surface area (Å²) in [6.07, 6.45) is 0.731. The van der Waals surface area contributed by atoms with Crippen molar-refractivity contribution in [1.29, 1.82) is 0 Å². The normalized spacial score (nSPS) is 23.4. The molecule has 2 aromatic carbocycles. The lowest BCUT2D eigenvalue weighted by atomic mass is 9.81. The number of benzene rings is 2. The van der Waals surface area contributed by atoms with Gasteiger partial charge in [0.25, 0.3) is 23.4 Å². The Hall–Kier alpha value is -2.34. The number of hydrogen-bond donors (Lipinski definition) is 0. The molecule has 1 heterocycles. The average molecular weight is 662 g/mol. The summed E-state index contributed by atoms with van der Waals surface area (Å²) in [7, 11) is 0. The maximum Gasteiger partial charge on any atom is 0.274 e. The third-order valence-corrected chi connectivity index (χ3v) is 9.48. The van der Waals surface area contributed by atoms with Crippen LogP contribution in [0.5, 0.6) is 0 Å². The number of hydrogen-bond acceptors (Lipinski definition) is 6. The van der Waals surface area contributed by atoms with Crippen molar-refractivity contribution in [2.24, 2.45) is 11.8 Å². The maximum absolute atomic E-state index is 13.6. The molecule has 0 aromatic heterocycles. The van der Waals surface area contributed by atoms with Crippen LogP contribution in [0.3, 0.4) is 0 Å². The highest BCUT2D eigenvalue weighted by atomic mass is 79.9. The third-order valence-electron chi connectivity index (χ3n) is 6.20. The highest BCUT2D eigenvalue weighted by molar-refractivity contribution is 9.12. The van der Waals surface area contributed by atoms with Gasteiger partial charge in [0.15, 0.2) is 5.78 Å². The van der Waals surface area contributed by atoms with Crippen molar-refractivity contribution in [3.63, 3.8) is 0 Å². The molecule has 0 radical (unpaired) electrons. The number of ketones is 1. The van der Waals surface area contributed by atoms with Gasteiger partial charge < -0.3 is 0 Å². The van der Waals surface area contributed by atoms with Crippen LogP contribution in [0.2, 0.25) is 10.0 Å². The van der Waals surface area contributed by atoms with Crippen LogP contribution >= 0.6 is 55.1 Å². The number of Topliss-reactive ketones (excluding diaryl/α,β-unsaturated/α-hetero) is 1. The first-order valence-electron chi connectivity index (χ1n) is 10.7. The quantitative estimate of drug-likeness (QED) is 0.140. The van der Waals surface area contributed by atoms with Crippen molar-refractivity contribution in [1.82, 2.24) is 10.0 Å². The van der Waals surface area contributed by atoms with Gasteiger partial charge in [0.1, 0.15) is 6.54 Å². The van der Waals surface area contributed by atoms with Crippen LogP contribution in [0.25, 0.3) is 0 Å². The Morgan fingerprint density at radius 1 is 1.03 bits per heavy atom. The van der Waals surface area contributed by atoms with Gasteiger partial charge in [-0.3, -0.25) is 29.3 Å². The van der Waals surface area contributed by atoms with Gasteiger partial charge in [-0.05, 0) is 31.0 Å². The molecule has 3 amide bonds. The van der Waals surface area contributed by atoms with E-state index in [-0.39, 0.29) is 36.5 Å². The minimum atomic E-state index is -0.860. The predicted molar refractivity (Wildman–Crippen MR) is 138 cm³/mol. The number of carbonyl (C=O) groups is 4. The number of amides is 3. The fourth-order valence-corrected chi connectivity index (χ4v) is 6.10. The van der Waals surface area contributed by atoms with E-state index >= 15 is 0 Å². The zero-order valence-electron chi connectivity index (χ0n) is 18.3.